The zero-order valence-corrected chi connectivity index (χ0v) is 13.4. The predicted molar refractivity (Wildman–Crippen MR) is 96.2 cm³/mol. The summed E-state index contributed by atoms with van der Waals surface area (Å²) in [6.07, 6.45) is 7.69. The number of para-hydroxylation sites is 1. The molecule has 0 atom stereocenters. The summed E-state index contributed by atoms with van der Waals surface area (Å²) in [6.45, 7) is 2.08. The molecule has 1 aliphatic rings. The molecule has 0 aliphatic heterocycles. The zero-order chi connectivity index (χ0) is 13.7. The maximum absolute atomic E-state index is 2.40. The first kappa shape index (κ1) is 12.2. The Bertz CT molecular complexity index is 897. The van der Waals surface area contributed by atoms with Crippen LogP contribution in [0.25, 0.3) is 33.5 Å². The fourth-order valence-corrected chi connectivity index (χ4v) is 3.80. The molecule has 1 aliphatic carbocycles. The van der Waals surface area contributed by atoms with Crippen molar-refractivity contribution >= 4 is 56.3 Å². The van der Waals surface area contributed by atoms with Gasteiger partial charge in [-0.1, -0.05) is 36.4 Å². The van der Waals surface area contributed by atoms with E-state index in [4.69, 9.17) is 0 Å². The molecule has 1 aromatic heterocycles. The van der Waals surface area contributed by atoms with Crippen LogP contribution in [0.5, 0.6) is 0 Å². The van der Waals surface area contributed by atoms with Gasteiger partial charge in [-0.3, -0.25) is 2.78 Å². The van der Waals surface area contributed by atoms with Gasteiger partial charge >= 0.3 is 0 Å². The van der Waals surface area contributed by atoms with E-state index < -0.39 is 0 Å². The Morgan fingerprint density at radius 1 is 1.10 bits per heavy atom. The number of nitrogens with zero attached hydrogens (tertiary/aromatic N) is 1. The maximum Gasteiger partial charge on any atom is 0.0646 e. The standard InChI is InChI=1S/C18H14IN/c1-2-3-6-12-9-13-10-16-14-7-4-5-8-17(14)20(19)18(16)11-15(12)13/h2-5,7-11H,6H2,1H3/b3-2-. The van der Waals surface area contributed by atoms with E-state index in [1.54, 1.807) is 0 Å². The predicted octanol–water partition coefficient (Wildman–Crippen LogP) is 5.81. The van der Waals surface area contributed by atoms with Crippen molar-refractivity contribution in [3.63, 3.8) is 0 Å². The fraction of sp³-hybridized carbons (Fsp3) is 0.111. The highest BCUT2D eigenvalue weighted by atomic mass is 127. The molecular weight excluding hydrogens is 357 g/mol. The van der Waals surface area contributed by atoms with Gasteiger partial charge in [0.25, 0.3) is 0 Å². The average Bonchev–Trinajstić information content (AvgIpc) is 2.73. The Kier molecular flexibility index (Phi) is 2.74. The first-order valence-corrected chi connectivity index (χ1v) is 7.81. The first-order chi connectivity index (χ1) is 9.79. The molecule has 0 N–H and O–H groups in total. The van der Waals surface area contributed by atoms with Gasteiger partial charge in [0.15, 0.2) is 0 Å². The monoisotopic (exact) mass is 371 g/mol. The Labute approximate surface area is 132 Å². The van der Waals surface area contributed by atoms with E-state index >= 15 is 0 Å². The van der Waals surface area contributed by atoms with Gasteiger partial charge in [0.1, 0.15) is 0 Å². The number of benzene rings is 2. The highest BCUT2D eigenvalue weighted by Gasteiger charge is 2.19. The summed E-state index contributed by atoms with van der Waals surface area (Å²) in [6, 6.07) is 13.3. The Balaban J connectivity index is 1.95. The van der Waals surface area contributed by atoms with Gasteiger partial charge in [0.05, 0.1) is 33.9 Å². The smallest absolute Gasteiger partial charge is 0.0646 e. The van der Waals surface area contributed by atoms with Crippen LogP contribution >= 0.6 is 22.9 Å². The van der Waals surface area contributed by atoms with E-state index in [1.165, 1.54) is 38.5 Å². The summed E-state index contributed by atoms with van der Waals surface area (Å²) >= 11 is 2.40. The molecule has 3 aromatic rings. The molecule has 98 valence electrons. The third kappa shape index (κ3) is 1.61. The number of aromatic nitrogens is 1. The minimum Gasteiger partial charge on any atom is -0.282 e. The Morgan fingerprint density at radius 3 is 2.80 bits per heavy atom. The highest BCUT2D eigenvalue weighted by molar-refractivity contribution is 14.1. The SMILES string of the molecule is C/C=C\CC1=Cc2cc3c4ccccc4n(I)c3cc21. The molecule has 2 aromatic carbocycles. The van der Waals surface area contributed by atoms with E-state index in [0.717, 1.165) is 6.42 Å². The van der Waals surface area contributed by atoms with Crippen molar-refractivity contribution in [2.24, 2.45) is 0 Å². The number of halogens is 1. The average molecular weight is 371 g/mol. The minimum absolute atomic E-state index is 1.04. The molecule has 0 spiro atoms. The van der Waals surface area contributed by atoms with Crippen LogP contribution in [0.3, 0.4) is 0 Å². The van der Waals surface area contributed by atoms with Crippen LogP contribution in [0.2, 0.25) is 0 Å². The third-order valence-electron chi connectivity index (χ3n) is 4.03. The number of hydrogen-bond donors (Lipinski definition) is 0. The van der Waals surface area contributed by atoms with Gasteiger partial charge in [-0.05, 0) is 48.2 Å². The number of fused-ring (bicyclic) bond motifs is 4. The van der Waals surface area contributed by atoms with Crippen LogP contribution in [0.15, 0.2) is 48.6 Å². The lowest BCUT2D eigenvalue weighted by molar-refractivity contribution is 1.35. The van der Waals surface area contributed by atoms with Crippen molar-refractivity contribution in [1.82, 2.24) is 2.78 Å². The normalized spacial score (nSPS) is 13.8. The van der Waals surface area contributed by atoms with E-state index in [9.17, 15) is 0 Å². The lowest BCUT2D eigenvalue weighted by Crippen LogP contribution is -1.98. The van der Waals surface area contributed by atoms with E-state index in [2.05, 4.69) is 87.2 Å². The molecule has 2 heteroatoms. The molecule has 0 fully saturated rings. The van der Waals surface area contributed by atoms with Crippen molar-refractivity contribution in [3.05, 3.63) is 59.7 Å². The zero-order valence-electron chi connectivity index (χ0n) is 11.2. The summed E-state index contributed by atoms with van der Waals surface area (Å²) in [5.41, 5.74) is 6.85. The molecule has 1 nitrogen and oxygen atoms in total. The number of hydrogen-bond acceptors (Lipinski definition) is 0. The summed E-state index contributed by atoms with van der Waals surface area (Å²) in [5.74, 6) is 0. The first-order valence-electron chi connectivity index (χ1n) is 6.85. The lowest BCUT2D eigenvalue weighted by atomic mass is 9.85. The number of allylic oxidation sites excluding steroid dienone is 3. The molecule has 0 unspecified atom stereocenters. The minimum atomic E-state index is 1.04. The molecule has 20 heavy (non-hydrogen) atoms. The van der Waals surface area contributed by atoms with Crippen LogP contribution in [0.1, 0.15) is 24.5 Å². The second-order valence-corrected chi connectivity index (χ2v) is 6.16. The van der Waals surface area contributed by atoms with Crippen molar-refractivity contribution in [1.29, 1.82) is 0 Å². The van der Waals surface area contributed by atoms with Crippen molar-refractivity contribution in [3.8, 4) is 0 Å². The molecule has 0 saturated heterocycles. The summed E-state index contributed by atoms with van der Waals surface area (Å²) in [4.78, 5) is 0. The second-order valence-electron chi connectivity index (χ2n) is 5.20. The van der Waals surface area contributed by atoms with E-state index in [-0.39, 0.29) is 0 Å². The molecule has 0 saturated carbocycles. The molecular formula is C18H14IN. The van der Waals surface area contributed by atoms with Gasteiger partial charge in [-0.2, -0.15) is 0 Å². The highest BCUT2D eigenvalue weighted by Crippen LogP contribution is 2.41. The fourth-order valence-electron chi connectivity index (χ4n) is 2.98. The third-order valence-corrected chi connectivity index (χ3v) is 5.07. The molecule has 0 radical (unpaired) electrons. The molecule has 0 amide bonds. The quantitative estimate of drug-likeness (QED) is 0.396. The second kappa shape index (κ2) is 4.48. The summed E-state index contributed by atoms with van der Waals surface area (Å²) < 4.78 is 2.27. The van der Waals surface area contributed by atoms with Gasteiger partial charge in [0, 0.05) is 10.8 Å². The van der Waals surface area contributed by atoms with Crippen molar-refractivity contribution < 1.29 is 0 Å². The summed E-state index contributed by atoms with van der Waals surface area (Å²) in [5, 5.41) is 2.70. The summed E-state index contributed by atoms with van der Waals surface area (Å²) in [7, 11) is 0. The largest absolute Gasteiger partial charge is 0.282 e. The van der Waals surface area contributed by atoms with Gasteiger partial charge in [-0.15, -0.1) is 0 Å². The van der Waals surface area contributed by atoms with Gasteiger partial charge < -0.3 is 0 Å². The topological polar surface area (TPSA) is 4.93 Å². The van der Waals surface area contributed by atoms with E-state index in [0.29, 0.717) is 0 Å². The van der Waals surface area contributed by atoms with Crippen LogP contribution < -0.4 is 0 Å². The molecule has 1 heterocycles. The lowest BCUT2D eigenvalue weighted by Gasteiger charge is -2.19. The maximum atomic E-state index is 2.40. The van der Waals surface area contributed by atoms with Crippen molar-refractivity contribution in [2.75, 3.05) is 0 Å². The van der Waals surface area contributed by atoms with Crippen LogP contribution in [0.4, 0.5) is 0 Å². The van der Waals surface area contributed by atoms with Crippen LogP contribution in [-0.4, -0.2) is 2.78 Å². The Hall–Kier alpha value is -1.55. The van der Waals surface area contributed by atoms with Crippen LogP contribution in [0, 0.1) is 0 Å². The molecule has 4 rings (SSSR count). The molecule has 0 bridgehead atoms. The van der Waals surface area contributed by atoms with Crippen molar-refractivity contribution in [2.45, 2.75) is 13.3 Å². The number of rotatable bonds is 2. The Morgan fingerprint density at radius 2 is 1.95 bits per heavy atom. The van der Waals surface area contributed by atoms with Gasteiger partial charge in [-0.25, -0.2) is 0 Å². The van der Waals surface area contributed by atoms with E-state index in [1.807, 2.05) is 0 Å². The van der Waals surface area contributed by atoms with Gasteiger partial charge in [0.2, 0.25) is 0 Å². The van der Waals surface area contributed by atoms with Crippen LogP contribution in [-0.2, 0) is 0 Å².